The average molecular weight is 189 g/mol. The van der Waals surface area contributed by atoms with E-state index in [2.05, 4.69) is 5.32 Å². The van der Waals surface area contributed by atoms with Gasteiger partial charge in [0.2, 0.25) is 5.91 Å². The summed E-state index contributed by atoms with van der Waals surface area (Å²) in [4.78, 5) is 11.0. The van der Waals surface area contributed by atoms with Crippen molar-refractivity contribution in [3.8, 4) is 0 Å². The van der Waals surface area contributed by atoms with Gasteiger partial charge in [-0.2, -0.15) is 0 Å². The van der Waals surface area contributed by atoms with E-state index in [9.17, 15) is 4.79 Å². The van der Waals surface area contributed by atoms with Crippen molar-refractivity contribution >= 4 is 5.91 Å². The monoisotopic (exact) mass is 189 g/mol. The van der Waals surface area contributed by atoms with Gasteiger partial charge in [-0.05, 0) is 6.42 Å². The second kappa shape index (κ2) is 8.01. The van der Waals surface area contributed by atoms with E-state index in [-0.39, 0.29) is 18.4 Å². The molecule has 0 aromatic heterocycles. The van der Waals surface area contributed by atoms with Crippen molar-refractivity contribution in [2.45, 2.75) is 20.3 Å². The third kappa shape index (κ3) is 7.74. The van der Waals surface area contributed by atoms with E-state index in [0.717, 1.165) is 6.42 Å². The van der Waals surface area contributed by atoms with Crippen LogP contribution in [-0.4, -0.2) is 37.4 Å². The fourth-order valence-electron chi connectivity index (χ4n) is 0.757. The van der Waals surface area contributed by atoms with Crippen LogP contribution in [0.2, 0.25) is 0 Å². The van der Waals surface area contributed by atoms with E-state index in [1.54, 1.807) is 0 Å². The Bertz CT molecular complexity index is 137. The molecule has 2 N–H and O–H groups in total. The van der Waals surface area contributed by atoms with Crippen LogP contribution in [-0.2, 0) is 9.53 Å². The smallest absolute Gasteiger partial charge is 0.222 e. The molecule has 0 aliphatic heterocycles. The standard InChI is InChI=1S/C9H19NO3/c1-8(2)9(12)10-4-3-6-13-7-5-11/h8,11H,3-7H2,1-2H3,(H,10,12). The fourth-order valence-corrected chi connectivity index (χ4v) is 0.757. The maximum atomic E-state index is 11.0. The number of hydrogen-bond donors (Lipinski definition) is 2. The summed E-state index contributed by atoms with van der Waals surface area (Å²) in [6, 6.07) is 0. The van der Waals surface area contributed by atoms with Crippen molar-refractivity contribution in [3.63, 3.8) is 0 Å². The van der Waals surface area contributed by atoms with Crippen molar-refractivity contribution in [2.75, 3.05) is 26.4 Å². The summed E-state index contributed by atoms with van der Waals surface area (Å²) in [5.41, 5.74) is 0. The molecule has 0 aliphatic rings. The van der Waals surface area contributed by atoms with Gasteiger partial charge in [0.15, 0.2) is 0 Å². The Morgan fingerprint density at radius 1 is 1.46 bits per heavy atom. The van der Waals surface area contributed by atoms with E-state index in [1.165, 1.54) is 0 Å². The quantitative estimate of drug-likeness (QED) is 0.561. The number of aliphatic hydroxyl groups excluding tert-OH is 1. The summed E-state index contributed by atoms with van der Waals surface area (Å²) in [6.45, 7) is 5.37. The summed E-state index contributed by atoms with van der Waals surface area (Å²) in [7, 11) is 0. The molecule has 0 rings (SSSR count). The van der Waals surface area contributed by atoms with Gasteiger partial charge in [0.1, 0.15) is 0 Å². The summed E-state index contributed by atoms with van der Waals surface area (Å²) in [5.74, 6) is 0.112. The SMILES string of the molecule is CC(C)C(=O)NCCCOCCO. The second-order valence-electron chi connectivity index (χ2n) is 3.14. The maximum absolute atomic E-state index is 11.0. The Kier molecular flexibility index (Phi) is 7.63. The molecular formula is C9H19NO3. The maximum Gasteiger partial charge on any atom is 0.222 e. The fraction of sp³-hybridized carbons (Fsp3) is 0.889. The number of carbonyl (C=O) groups excluding carboxylic acids is 1. The molecule has 0 saturated heterocycles. The van der Waals surface area contributed by atoms with Gasteiger partial charge in [0, 0.05) is 19.1 Å². The molecule has 4 nitrogen and oxygen atoms in total. The molecule has 13 heavy (non-hydrogen) atoms. The van der Waals surface area contributed by atoms with Gasteiger partial charge in [-0.1, -0.05) is 13.8 Å². The lowest BCUT2D eigenvalue weighted by Gasteiger charge is -2.07. The Labute approximate surface area is 79.3 Å². The minimum Gasteiger partial charge on any atom is -0.394 e. The molecule has 0 fully saturated rings. The highest BCUT2D eigenvalue weighted by Crippen LogP contribution is 1.90. The van der Waals surface area contributed by atoms with Gasteiger partial charge >= 0.3 is 0 Å². The number of rotatable bonds is 7. The zero-order valence-corrected chi connectivity index (χ0v) is 8.38. The summed E-state index contributed by atoms with van der Waals surface area (Å²) >= 11 is 0. The lowest BCUT2D eigenvalue weighted by molar-refractivity contribution is -0.124. The van der Waals surface area contributed by atoms with Crippen LogP contribution in [0, 0.1) is 5.92 Å². The van der Waals surface area contributed by atoms with Crippen LogP contribution < -0.4 is 5.32 Å². The number of nitrogens with one attached hydrogen (secondary N) is 1. The van der Waals surface area contributed by atoms with E-state index in [1.807, 2.05) is 13.8 Å². The van der Waals surface area contributed by atoms with Crippen molar-refractivity contribution in [3.05, 3.63) is 0 Å². The molecule has 1 amide bonds. The molecule has 4 heteroatoms. The first kappa shape index (κ1) is 12.4. The third-order valence-corrected chi connectivity index (χ3v) is 1.52. The van der Waals surface area contributed by atoms with E-state index >= 15 is 0 Å². The molecule has 0 atom stereocenters. The number of hydrogen-bond acceptors (Lipinski definition) is 3. The lowest BCUT2D eigenvalue weighted by Crippen LogP contribution is -2.29. The van der Waals surface area contributed by atoms with Gasteiger partial charge in [0.05, 0.1) is 13.2 Å². The second-order valence-corrected chi connectivity index (χ2v) is 3.14. The van der Waals surface area contributed by atoms with Gasteiger partial charge < -0.3 is 15.2 Å². The van der Waals surface area contributed by atoms with Crippen LogP contribution >= 0.6 is 0 Å². The molecule has 0 aromatic rings. The average Bonchev–Trinajstić information content (AvgIpc) is 2.10. The van der Waals surface area contributed by atoms with Crippen LogP contribution in [0.4, 0.5) is 0 Å². The predicted molar refractivity (Wildman–Crippen MR) is 50.4 cm³/mol. The molecule has 0 heterocycles. The largest absolute Gasteiger partial charge is 0.394 e. The zero-order chi connectivity index (χ0) is 10.1. The molecule has 0 aliphatic carbocycles. The van der Waals surface area contributed by atoms with Crippen LogP contribution in [0.25, 0.3) is 0 Å². The van der Waals surface area contributed by atoms with E-state index < -0.39 is 0 Å². The first-order valence-corrected chi connectivity index (χ1v) is 4.64. The molecule has 0 aromatic carbocycles. The van der Waals surface area contributed by atoms with Gasteiger partial charge in [-0.15, -0.1) is 0 Å². The Balaban J connectivity index is 3.12. The van der Waals surface area contributed by atoms with E-state index in [0.29, 0.717) is 19.8 Å². The third-order valence-electron chi connectivity index (χ3n) is 1.52. The molecular weight excluding hydrogens is 170 g/mol. The van der Waals surface area contributed by atoms with Crippen LogP contribution in [0.15, 0.2) is 0 Å². The van der Waals surface area contributed by atoms with E-state index in [4.69, 9.17) is 9.84 Å². The lowest BCUT2D eigenvalue weighted by atomic mass is 10.2. The van der Waals surface area contributed by atoms with Crippen LogP contribution in [0.3, 0.4) is 0 Å². The van der Waals surface area contributed by atoms with Crippen LogP contribution in [0.1, 0.15) is 20.3 Å². The predicted octanol–water partition coefficient (Wildman–Crippen LogP) is 0.158. The molecule has 78 valence electrons. The summed E-state index contributed by atoms with van der Waals surface area (Å²) in [5, 5.41) is 11.2. The highest BCUT2D eigenvalue weighted by molar-refractivity contribution is 5.77. The summed E-state index contributed by atoms with van der Waals surface area (Å²) < 4.78 is 5.02. The first-order valence-electron chi connectivity index (χ1n) is 4.64. The first-order chi connectivity index (χ1) is 6.18. The normalized spacial score (nSPS) is 10.5. The van der Waals surface area contributed by atoms with Gasteiger partial charge in [-0.25, -0.2) is 0 Å². The highest BCUT2D eigenvalue weighted by Gasteiger charge is 2.04. The molecule has 0 saturated carbocycles. The Morgan fingerprint density at radius 2 is 2.15 bits per heavy atom. The molecule has 0 radical (unpaired) electrons. The van der Waals surface area contributed by atoms with Gasteiger partial charge in [0.25, 0.3) is 0 Å². The topological polar surface area (TPSA) is 58.6 Å². The molecule has 0 spiro atoms. The number of carbonyl (C=O) groups is 1. The number of amides is 1. The van der Waals surface area contributed by atoms with Gasteiger partial charge in [-0.3, -0.25) is 4.79 Å². The Hall–Kier alpha value is -0.610. The summed E-state index contributed by atoms with van der Waals surface area (Å²) in [6.07, 6.45) is 0.790. The van der Waals surface area contributed by atoms with Crippen molar-refractivity contribution < 1.29 is 14.6 Å². The zero-order valence-electron chi connectivity index (χ0n) is 8.38. The van der Waals surface area contributed by atoms with Crippen molar-refractivity contribution in [1.82, 2.24) is 5.32 Å². The van der Waals surface area contributed by atoms with Crippen molar-refractivity contribution in [1.29, 1.82) is 0 Å². The minimum absolute atomic E-state index is 0.0401. The number of aliphatic hydroxyl groups is 1. The highest BCUT2D eigenvalue weighted by atomic mass is 16.5. The minimum atomic E-state index is 0.0401. The number of ether oxygens (including phenoxy) is 1. The molecule has 0 bridgehead atoms. The molecule has 0 unspecified atom stereocenters. The Morgan fingerprint density at radius 3 is 2.69 bits per heavy atom. The van der Waals surface area contributed by atoms with Crippen molar-refractivity contribution in [2.24, 2.45) is 5.92 Å². The van der Waals surface area contributed by atoms with Crippen LogP contribution in [0.5, 0.6) is 0 Å².